The standard InChI is InChI=1S/C23H34N4O4/c1-14(2)31-23(29)26-11-15(3)27(22(28)16-4-5-16)20-7-6-17(8-21(20)26)18(9-24)10-25-19-12-30-13-19/h6-8,14-16,18-19,25H,4-5,9-13,24H2,1-3H3/t15-,18?/m0/s1. The maximum Gasteiger partial charge on any atom is 0.414 e. The first-order chi connectivity index (χ1) is 14.9. The van der Waals surface area contributed by atoms with Crippen molar-refractivity contribution in [2.24, 2.45) is 11.7 Å². The normalized spacial score (nSPS) is 22.2. The van der Waals surface area contributed by atoms with Crippen LogP contribution in [0.25, 0.3) is 0 Å². The number of nitrogens with two attached hydrogens (primary N) is 1. The van der Waals surface area contributed by atoms with Crippen LogP contribution in [0.1, 0.15) is 45.1 Å². The number of hydrogen-bond acceptors (Lipinski definition) is 6. The molecule has 4 rings (SSSR count). The molecule has 1 saturated heterocycles. The third kappa shape index (κ3) is 4.71. The number of benzene rings is 1. The van der Waals surface area contributed by atoms with Gasteiger partial charge >= 0.3 is 6.09 Å². The van der Waals surface area contributed by atoms with Crippen LogP contribution in [0, 0.1) is 5.92 Å². The summed E-state index contributed by atoms with van der Waals surface area (Å²) in [6, 6.07) is 6.26. The third-order valence-electron chi connectivity index (χ3n) is 6.21. The molecule has 170 valence electrons. The minimum atomic E-state index is -0.382. The van der Waals surface area contributed by atoms with Crippen molar-refractivity contribution in [1.29, 1.82) is 0 Å². The summed E-state index contributed by atoms with van der Waals surface area (Å²) in [7, 11) is 0. The Kier molecular flexibility index (Phi) is 6.50. The Bertz CT molecular complexity index is 822. The average molecular weight is 431 g/mol. The Balaban J connectivity index is 1.65. The molecule has 31 heavy (non-hydrogen) atoms. The molecule has 0 bridgehead atoms. The first-order valence-electron chi connectivity index (χ1n) is 11.3. The van der Waals surface area contributed by atoms with Crippen molar-refractivity contribution in [2.75, 3.05) is 42.6 Å². The highest BCUT2D eigenvalue weighted by Gasteiger charge is 2.41. The quantitative estimate of drug-likeness (QED) is 0.688. The van der Waals surface area contributed by atoms with Gasteiger partial charge < -0.3 is 25.4 Å². The van der Waals surface area contributed by atoms with Gasteiger partial charge in [-0.05, 0) is 51.3 Å². The second kappa shape index (κ2) is 9.14. The number of hydrogen-bond donors (Lipinski definition) is 2. The highest BCUT2D eigenvalue weighted by Crippen LogP contribution is 2.41. The van der Waals surface area contributed by atoms with E-state index in [2.05, 4.69) is 5.32 Å². The maximum absolute atomic E-state index is 13.0. The van der Waals surface area contributed by atoms with Crippen LogP contribution in [0.2, 0.25) is 0 Å². The van der Waals surface area contributed by atoms with Crippen LogP contribution in [0.5, 0.6) is 0 Å². The summed E-state index contributed by atoms with van der Waals surface area (Å²) in [5.41, 5.74) is 8.63. The van der Waals surface area contributed by atoms with Gasteiger partial charge in [-0.25, -0.2) is 4.79 Å². The molecule has 8 heteroatoms. The topological polar surface area (TPSA) is 97.1 Å². The predicted octanol–water partition coefficient (Wildman–Crippen LogP) is 2.21. The summed E-state index contributed by atoms with van der Waals surface area (Å²) in [5, 5.41) is 3.49. The summed E-state index contributed by atoms with van der Waals surface area (Å²) in [6.45, 7) is 8.75. The van der Waals surface area contributed by atoms with Crippen LogP contribution in [-0.2, 0) is 14.3 Å². The van der Waals surface area contributed by atoms with Crippen molar-refractivity contribution in [1.82, 2.24) is 5.32 Å². The zero-order valence-electron chi connectivity index (χ0n) is 18.7. The monoisotopic (exact) mass is 430 g/mol. The molecule has 2 atom stereocenters. The molecule has 1 aromatic rings. The van der Waals surface area contributed by atoms with Gasteiger partial charge in [-0.3, -0.25) is 9.69 Å². The second-order valence-corrected chi connectivity index (χ2v) is 9.20. The number of anilines is 2. The van der Waals surface area contributed by atoms with Crippen LogP contribution in [0.4, 0.5) is 16.2 Å². The van der Waals surface area contributed by atoms with E-state index in [4.69, 9.17) is 15.2 Å². The van der Waals surface area contributed by atoms with E-state index in [1.165, 1.54) is 0 Å². The van der Waals surface area contributed by atoms with Crippen molar-refractivity contribution in [3.8, 4) is 0 Å². The van der Waals surface area contributed by atoms with Gasteiger partial charge in [-0.15, -0.1) is 0 Å². The first kappa shape index (κ1) is 22.0. The molecule has 0 radical (unpaired) electrons. The summed E-state index contributed by atoms with van der Waals surface area (Å²) in [5.74, 6) is 0.357. The fourth-order valence-corrected chi connectivity index (χ4v) is 4.20. The van der Waals surface area contributed by atoms with Crippen LogP contribution in [-0.4, -0.2) is 63.0 Å². The number of rotatable bonds is 7. The van der Waals surface area contributed by atoms with Gasteiger partial charge in [0.2, 0.25) is 5.91 Å². The molecule has 1 aliphatic carbocycles. The van der Waals surface area contributed by atoms with E-state index in [9.17, 15) is 9.59 Å². The molecule has 2 heterocycles. The molecule has 0 aromatic heterocycles. The van der Waals surface area contributed by atoms with E-state index >= 15 is 0 Å². The van der Waals surface area contributed by atoms with E-state index < -0.39 is 0 Å². The zero-order chi connectivity index (χ0) is 22.1. The zero-order valence-corrected chi connectivity index (χ0v) is 18.7. The highest BCUT2D eigenvalue weighted by molar-refractivity contribution is 6.04. The van der Waals surface area contributed by atoms with Crippen LogP contribution >= 0.6 is 0 Å². The van der Waals surface area contributed by atoms with E-state index in [0.29, 0.717) is 19.1 Å². The van der Waals surface area contributed by atoms with Crippen LogP contribution in [0.15, 0.2) is 18.2 Å². The molecule has 3 aliphatic rings. The molecular weight excluding hydrogens is 396 g/mol. The average Bonchev–Trinajstić information content (AvgIpc) is 3.53. The summed E-state index contributed by atoms with van der Waals surface area (Å²) < 4.78 is 10.7. The van der Waals surface area contributed by atoms with Crippen molar-refractivity contribution in [3.63, 3.8) is 0 Å². The number of nitrogens with zero attached hydrogens (tertiary/aromatic N) is 2. The molecule has 8 nitrogen and oxygen atoms in total. The lowest BCUT2D eigenvalue weighted by Crippen LogP contribution is -2.53. The predicted molar refractivity (Wildman–Crippen MR) is 119 cm³/mol. The van der Waals surface area contributed by atoms with Gasteiger partial charge in [0.15, 0.2) is 0 Å². The summed E-state index contributed by atoms with van der Waals surface area (Å²) >= 11 is 0. The fraction of sp³-hybridized carbons (Fsp3) is 0.652. The SMILES string of the molecule is CC(C)OC(=O)N1C[C@H](C)N(C(=O)C2CC2)c2ccc(C(CN)CNC3COC3)cc21. The lowest BCUT2D eigenvalue weighted by atomic mass is 9.95. The summed E-state index contributed by atoms with van der Waals surface area (Å²) in [6.07, 6.45) is 1.29. The minimum absolute atomic E-state index is 0.0980. The lowest BCUT2D eigenvalue weighted by molar-refractivity contribution is -0.120. The molecule has 2 fully saturated rings. The van der Waals surface area contributed by atoms with Gasteiger partial charge in [0.1, 0.15) is 0 Å². The van der Waals surface area contributed by atoms with Crippen molar-refractivity contribution >= 4 is 23.4 Å². The number of carbonyl (C=O) groups is 2. The molecule has 1 saturated carbocycles. The number of nitrogens with one attached hydrogen (secondary N) is 1. The summed E-state index contributed by atoms with van der Waals surface area (Å²) in [4.78, 5) is 29.5. The first-order valence-corrected chi connectivity index (χ1v) is 11.3. The lowest BCUT2D eigenvalue weighted by Gasteiger charge is -2.41. The van der Waals surface area contributed by atoms with E-state index in [-0.39, 0.29) is 36.0 Å². The fourth-order valence-electron chi connectivity index (χ4n) is 4.20. The van der Waals surface area contributed by atoms with Crippen molar-refractivity contribution in [2.45, 2.75) is 57.7 Å². The van der Waals surface area contributed by atoms with Crippen molar-refractivity contribution in [3.05, 3.63) is 23.8 Å². The number of amides is 2. The highest BCUT2D eigenvalue weighted by atomic mass is 16.6. The molecular formula is C23H34N4O4. The molecule has 3 N–H and O–H groups in total. The van der Waals surface area contributed by atoms with E-state index in [1.807, 2.05) is 43.9 Å². The molecule has 1 unspecified atom stereocenters. The van der Waals surface area contributed by atoms with Crippen LogP contribution in [0.3, 0.4) is 0 Å². The third-order valence-corrected chi connectivity index (χ3v) is 6.21. The van der Waals surface area contributed by atoms with Gasteiger partial charge in [0, 0.05) is 31.5 Å². The van der Waals surface area contributed by atoms with Gasteiger partial charge in [0.05, 0.1) is 42.8 Å². The Morgan fingerprint density at radius 3 is 2.58 bits per heavy atom. The van der Waals surface area contributed by atoms with E-state index in [0.717, 1.165) is 49.5 Å². The number of fused-ring (bicyclic) bond motifs is 1. The molecule has 0 spiro atoms. The molecule has 2 aliphatic heterocycles. The smallest absolute Gasteiger partial charge is 0.414 e. The minimum Gasteiger partial charge on any atom is -0.446 e. The number of ether oxygens (including phenoxy) is 2. The maximum atomic E-state index is 13.0. The largest absolute Gasteiger partial charge is 0.446 e. The Labute approximate surface area is 184 Å². The molecule has 1 aromatic carbocycles. The van der Waals surface area contributed by atoms with Crippen molar-refractivity contribution < 1.29 is 19.1 Å². The second-order valence-electron chi connectivity index (χ2n) is 9.20. The van der Waals surface area contributed by atoms with Gasteiger partial charge in [0.25, 0.3) is 0 Å². The van der Waals surface area contributed by atoms with Gasteiger partial charge in [-0.2, -0.15) is 0 Å². The van der Waals surface area contributed by atoms with Gasteiger partial charge in [-0.1, -0.05) is 6.07 Å². The van der Waals surface area contributed by atoms with Crippen LogP contribution < -0.4 is 20.9 Å². The molecule has 2 amide bonds. The Morgan fingerprint density at radius 2 is 2.00 bits per heavy atom. The number of carbonyl (C=O) groups excluding carboxylic acids is 2. The van der Waals surface area contributed by atoms with E-state index in [1.54, 1.807) is 4.90 Å². The Morgan fingerprint density at radius 1 is 1.26 bits per heavy atom. The Hall–Kier alpha value is -2.16.